The number of rotatable bonds is 7. The first-order valence-corrected chi connectivity index (χ1v) is 7.62. The van der Waals surface area contributed by atoms with Crippen molar-refractivity contribution in [1.82, 2.24) is 4.90 Å². The number of amides is 1. The van der Waals surface area contributed by atoms with Crippen LogP contribution < -0.4 is 5.73 Å². The predicted octanol–water partition coefficient (Wildman–Crippen LogP) is 2.17. The fourth-order valence-electron chi connectivity index (χ4n) is 2.92. The van der Waals surface area contributed by atoms with Gasteiger partial charge < -0.3 is 15.4 Å². The normalized spacial score (nSPS) is 25.1. The van der Waals surface area contributed by atoms with Gasteiger partial charge in [-0.05, 0) is 38.0 Å². The van der Waals surface area contributed by atoms with E-state index < -0.39 is 0 Å². The molecule has 1 aliphatic rings. The van der Waals surface area contributed by atoms with E-state index in [0.29, 0.717) is 31.0 Å². The van der Waals surface area contributed by atoms with Crippen LogP contribution in [-0.4, -0.2) is 43.2 Å². The molecule has 0 aromatic carbocycles. The summed E-state index contributed by atoms with van der Waals surface area (Å²) in [5.41, 5.74) is 5.95. The van der Waals surface area contributed by atoms with E-state index in [-0.39, 0.29) is 5.91 Å². The smallest absolute Gasteiger partial charge is 0.223 e. The quantitative estimate of drug-likeness (QED) is 0.771. The molecule has 1 unspecified atom stereocenters. The third kappa shape index (κ3) is 5.49. The lowest BCUT2D eigenvalue weighted by atomic mass is 9.90. The molecule has 1 saturated carbocycles. The van der Waals surface area contributed by atoms with Gasteiger partial charge in [-0.2, -0.15) is 0 Å². The summed E-state index contributed by atoms with van der Waals surface area (Å²) < 4.78 is 5.12. The van der Waals surface area contributed by atoms with E-state index in [2.05, 4.69) is 18.7 Å². The van der Waals surface area contributed by atoms with Gasteiger partial charge in [-0.25, -0.2) is 0 Å². The maximum absolute atomic E-state index is 12.4. The van der Waals surface area contributed by atoms with E-state index in [1.54, 1.807) is 7.11 Å². The predicted molar refractivity (Wildman–Crippen MR) is 77.9 cm³/mol. The van der Waals surface area contributed by atoms with Gasteiger partial charge in [-0.15, -0.1) is 0 Å². The minimum Gasteiger partial charge on any atom is -0.384 e. The maximum Gasteiger partial charge on any atom is 0.223 e. The zero-order chi connectivity index (χ0) is 14.3. The van der Waals surface area contributed by atoms with Crippen LogP contribution in [0.3, 0.4) is 0 Å². The Bertz CT molecular complexity index is 263. The number of ether oxygens (including phenoxy) is 1. The monoisotopic (exact) mass is 270 g/mol. The Morgan fingerprint density at radius 3 is 2.53 bits per heavy atom. The minimum atomic E-state index is 0.284. The molecule has 0 radical (unpaired) electrons. The Balaban J connectivity index is 2.53. The molecule has 4 nitrogen and oxygen atoms in total. The number of hydrogen-bond donors (Lipinski definition) is 1. The summed E-state index contributed by atoms with van der Waals surface area (Å²) in [5, 5.41) is 0. The number of carbonyl (C=O) groups excluding carboxylic acids is 1. The Morgan fingerprint density at radius 2 is 2.00 bits per heavy atom. The molecule has 1 atom stereocenters. The molecular weight excluding hydrogens is 240 g/mol. The molecule has 19 heavy (non-hydrogen) atoms. The number of hydrogen-bond acceptors (Lipinski definition) is 3. The van der Waals surface area contributed by atoms with E-state index >= 15 is 0 Å². The molecule has 4 heteroatoms. The van der Waals surface area contributed by atoms with Crippen LogP contribution in [0.5, 0.6) is 0 Å². The molecular formula is C15H30N2O2. The van der Waals surface area contributed by atoms with Crippen molar-refractivity contribution < 1.29 is 9.53 Å². The van der Waals surface area contributed by atoms with Crippen LogP contribution in [0.2, 0.25) is 0 Å². The van der Waals surface area contributed by atoms with Crippen LogP contribution in [0, 0.1) is 5.92 Å². The van der Waals surface area contributed by atoms with Gasteiger partial charge in [0.15, 0.2) is 0 Å². The van der Waals surface area contributed by atoms with Crippen molar-refractivity contribution in [3.05, 3.63) is 0 Å². The topological polar surface area (TPSA) is 55.6 Å². The van der Waals surface area contributed by atoms with Crippen LogP contribution in [0.15, 0.2) is 0 Å². The second-order valence-corrected chi connectivity index (χ2v) is 5.92. The molecule has 0 spiro atoms. The molecule has 1 rings (SSSR count). The van der Waals surface area contributed by atoms with Crippen LogP contribution >= 0.6 is 0 Å². The van der Waals surface area contributed by atoms with Gasteiger partial charge in [-0.1, -0.05) is 13.8 Å². The highest BCUT2D eigenvalue weighted by atomic mass is 16.5. The van der Waals surface area contributed by atoms with Crippen molar-refractivity contribution in [1.29, 1.82) is 0 Å². The van der Waals surface area contributed by atoms with Crippen molar-refractivity contribution in [2.45, 2.75) is 64.5 Å². The third-order valence-corrected chi connectivity index (χ3v) is 3.94. The first-order valence-electron chi connectivity index (χ1n) is 7.62. The summed E-state index contributed by atoms with van der Waals surface area (Å²) in [6.45, 7) is 5.73. The fourth-order valence-corrected chi connectivity index (χ4v) is 2.92. The Morgan fingerprint density at radius 1 is 1.37 bits per heavy atom. The van der Waals surface area contributed by atoms with E-state index in [4.69, 9.17) is 10.5 Å². The second-order valence-electron chi connectivity index (χ2n) is 5.92. The zero-order valence-corrected chi connectivity index (χ0v) is 12.7. The van der Waals surface area contributed by atoms with Crippen molar-refractivity contribution in [3.63, 3.8) is 0 Å². The number of nitrogens with zero attached hydrogens (tertiary/aromatic N) is 1. The number of nitrogens with two attached hydrogens (primary N) is 1. The molecule has 0 bridgehead atoms. The van der Waals surface area contributed by atoms with Gasteiger partial charge in [0.25, 0.3) is 0 Å². The molecule has 0 aliphatic heterocycles. The standard InChI is InChI=1S/C15H30N2O2/c1-4-9-17(14-7-5-13(16)6-8-14)15(18)10-12(2)11-19-3/h12-14H,4-11,16H2,1-3H3. The molecule has 1 fully saturated rings. The number of carbonyl (C=O) groups is 1. The van der Waals surface area contributed by atoms with Crippen molar-refractivity contribution >= 4 is 5.91 Å². The van der Waals surface area contributed by atoms with Gasteiger partial charge in [0.1, 0.15) is 0 Å². The fraction of sp³-hybridized carbons (Fsp3) is 0.933. The van der Waals surface area contributed by atoms with Crippen LogP contribution in [0.1, 0.15) is 52.4 Å². The summed E-state index contributed by atoms with van der Waals surface area (Å²) >= 11 is 0. The molecule has 1 amide bonds. The summed E-state index contributed by atoms with van der Waals surface area (Å²) in [4.78, 5) is 14.5. The van der Waals surface area contributed by atoms with Crippen molar-refractivity contribution in [3.8, 4) is 0 Å². The summed E-state index contributed by atoms with van der Waals surface area (Å²) in [6.07, 6.45) is 5.83. The van der Waals surface area contributed by atoms with E-state index in [9.17, 15) is 4.79 Å². The summed E-state index contributed by atoms with van der Waals surface area (Å²) in [6, 6.07) is 0.740. The molecule has 112 valence electrons. The highest BCUT2D eigenvalue weighted by Gasteiger charge is 2.27. The molecule has 0 aromatic heterocycles. The zero-order valence-electron chi connectivity index (χ0n) is 12.7. The van der Waals surface area contributed by atoms with Gasteiger partial charge in [-0.3, -0.25) is 4.79 Å². The van der Waals surface area contributed by atoms with Gasteiger partial charge >= 0.3 is 0 Å². The Hall–Kier alpha value is -0.610. The van der Waals surface area contributed by atoms with Crippen LogP contribution in [0.4, 0.5) is 0 Å². The summed E-state index contributed by atoms with van der Waals surface area (Å²) in [7, 11) is 1.69. The van der Waals surface area contributed by atoms with E-state index in [1.165, 1.54) is 0 Å². The molecule has 0 heterocycles. The number of methoxy groups -OCH3 is 1. The summed E-state index contributed by atoms with van der Waals surface area (Å²) in [5.74, 6) is 0.578. The first kappa shape index (κ1) is 16.4. The third-order valence-electron chi connectivity index (χ3n) is 3.94. The highest BCUT2D eigenvalue weighted by molar-refractivity contribution is 5.76. The Labute approximate surface area is 117 Å². The average Bonchev–Trinajstić information content (AvgIpc) is 2.37. The Kier molecular flexibility index (Phi) is 7.39. The molecule has 1 aliphatic carbocycles. The van der Waals surface area contributed by atoms with Crippen LogP contribution in [0.25, 0.3) is 0 Å². The largest absolute Gasteiger partial charge is 0.384 e. The molecule has 0 aromatic rings. The van der Waals surface area contributed by atoms with E-state index in [1.807, 2.05) is 0 Å². The lowest BCUT2D eigenvalue weighted by Crippen LogP contribution is -2.45. The molecule has 2 N–H and O–H groups in total. The van der Waals surface area contributed by atoms with Gasteiger partial charge in [0.2, 0.25) is 5.91 Å². The van der Waals surface area contributed by atoms with Gasteiger partial charge in [0.05, 0.1) is 0 Å². The average molecular weight is 270 g/mol. The maximum atomic E-state index is 12.4. The van der Waals surface area contributed by atoms with E-state index in [0.717, 1.165) is 38.6 Å². The van der Waals surface area contributed by atoms with Crippen molar-refractivity contribution in [2.24, 2.45) is 11.7 Å². The lowest BCUT2D eigenvalue weighted by Gasteiger charge is -2.36. The molecule has 0 saturated heterocycles. The highest BCUT2D eigenvalue weighted by Crippen LogP contribution is 2.23. The lowest BCUT2D eigenvalue weighted by molar-refractivity contribution is -0.135. The van der Waals surface area contributed by atoms with Gasteiger partial charge in [0, 0.05) is 38.8 Å². The minimum absolute atomic E-state index is 0.284. The SMILES string of the molecule is CCCN(C(=O)CC(C)COC)C1CCC(N)CC1. The second kappa shape index (κ2) is 8.54. The van der Waals surface area contributed by atoms with Crippen molar-refractivity contribution in [2.75, 3.05) is 20.3 Å². The first-order chi connectivity index (χ1) is 9.08. The van der Waals surface area contributed by atoms with Crippen LogP contribution in [-0.2, 0) is 9.53 Å².